The molecular weight excluding hydrogens is 304 g/mol. The van der Waals surface area contributed by atoms with Crippen molar-refractivity contribution in [3.63, 3.8) is 0 Å². The Morgan fingerprint density at radius 1 is 1.11 bits per heavy atom. The third-order valence-electron chi connectivity index (χ3n) is 3.26. The zero-order valence-electron chi connectivity index (χ0n) is 12.2. The maximum absolute atomic E-state index is 5.51. The van der Waals surface area contributed by atoms with Gasteiger partial charge in [0, 0.05) is 6.07 Å². The lowest BCUT2D eigenvalue weighted by atomic mass is 9.92. The number of methoxy groups -OCH3 is 2. The van der Waals surface area contributed by atoms with E-state index in [2.05, 4.69) is 48.0 Å². The molecule has 0 saturated heterocycles. The summed E-state index contributed by atoms with van der Waals surface area (Å²) in [5.74, 6) is 2.18. The highest BCUT2D eigenvalue weighted by molar-refractivity contribution is 9.10. The maximum atomic E-state index is 5.51. The first-order valence-corrected chi connectivity index (χ1v) is 7.53. The number of hydrogen-bond donors (Lipinski definition) is 0. The average Bonchev–Trinajstić information content (AvgIpc) is 2.43. The topological polar surface area (TPSA) is 18.5 Å². The van der Waals surface area contributed by atoms with Gasteiger partial charge < -0.3 is 9.47 Å². The van der Waals surface area contributed by atoms with E-state index in [1.54, 1.807) is 14.2 Å². The number of benzene rings is 1. The Hall–Kier alpha value is -0.960. The molecule has 0 heterocycles. The molecule has 0 aliphatic heterocycles. The summed E-state index contributed by atoms with van der Waals surface area (Å²) >= 11 is 3.55. The molecule has 0 amide bonds. The molecule has 1 unspecified atom stereocenters. The molecule has 1 aromatic rings. The fourth-order valence-corrected chi connectivity index (χ4v) is 2.67. The summed E-state index contributed by atoms with van der Waals surface area (Å²) in [6.45, 7) is 4.37. The molecule has 0 spiro atoms. The molecule has 1 atom stereocenters. The van der Waals surface area contributed by atoms with Crippen LogP contribution in [-0.2, 0) is 0 Å². The van der Waals surface area contributed by atoms with Crippen molar-refractivity contribution in [3.8, 4) is 11.5 Å². The van der Waals surface area contributed by atoms with E-state index in [4.69, 9.17) is 9.47 Å². The van der Waals surface area contributed by atoms with Gasteiger partial charge in [0.05, 0.1) is 18.7 Å². The van der Waals surface area contributed by atoms with Gasteiger partial charge in [0.25, 0.3) is 0 Å². The van der Waals surface area contributed by atoms with Crippen molar-refractivity contribution in [2.45, 2.75) is 39.0 Å². The van der Waals surface area contributed by atoms with Crippen LogP contribution < -0.4 is 9.47 Å². The zero-order valence-corrected chi connectivity index (χ0v) is 13.8. The van der Waals surface area contributed by atoms with Crippen LogP contribution >= 0.6 is 15.9 Å². The largest absolute Gasteiger partial charge is 0.496 e. The van der Waals surface area contributed by atoms with Gasteiger partial charge >= 0.3 is 0 Å². The third-order valence-corrected chi connectivity index (χ3v) is 3.88. The second-order valence-electron chi connectivity index (χ2n) is 4.45. The Morgan fingerprint density at radius 2 is 1.79 bits per heavy atom. The summed E-state index contributed by atoms with van der Waals surface area (Å²) in [6, 6.07) is 4.07. The van der Waals surface area contributed by atoms with E-state index in [9.17, 15) is 0 Å². The van der Waals surface area contributed by atoms with E-state index in [0.29, 0.717) is 5.92 Å². The lowest BCUT2D eigenvalue weighted by molar-refractivity contribution is 0.386. The van der Waals surface area contributed by atoms with Gasteiger partial charge in [-0.15, -0.1) is 0 Å². The van der Waals surface area contributed by atoms with Gasteiger partial charge in [-0.3, -0.25) is 0 Å². The van der Waals surface area contributed by atoms with Crippen LogP contribution in [0.5, 0.6) is 11.5 Å². The van der Waals surface area contributed by atoms with Gasteiger partial charge in [-0.2, -0.15) is 0 Å². The average molecular weight is 327 g/mol. The Labute approximate surface area is 124 Å². The lowest BCUT2D eigenvalue weighted by Crippen LogP contribution is -2.01. The van der Waals surface area contributed by atoms with E-state index in [1.807, 2.05) is 6.07 Å². The summed E-state index contributed by atoms with van der Waals surface area (Å²) in [5.41, 5.74) is 1.23. The van der Waals surface area contributed by atoms with Crippen molar-refractivity contribution in [1.82, 2.24) is 0 Å². The van der Waals surface area contributed by atoms with Crippen LogP contribution in [0.2, 0.25) is 0 Å². The highest BCUT2D eigenvalue weighted by atomic mass is 79.9. The fraction of sp³-hybridized carbons (Fsp3) is 0.500. The first kappa shape index (κ1) is 16.1. The predicted octanol–water partition coefficient (Wildman–Crippen LogP) is 5.32. The van der Waals surface area contributed by atoms with E-state index in [-0.39, 0.29) is 0 Å². The minimum atomic E-state index is 0.472. The number of ether oxygens (including phenoxy) is 2. The Morgan fingerprint density at radius 3 is 2.32 bits per heavy atom. The molecule has 0 bridgehead atoms. The van der Waals surface area contributed by atoms with Gasteiger partial charge in [0.15, 0.2) is 0 Å². The van der Waals surface area contributed by atoms with Crippen LogP contribution in [0.4, 0.5) is 0 Å². The van der Waals surface area contributed by atoms with Crippen LogP contribution in [0.15, 0.2) is 28.8 Å². The Kier molecular flexibility index (Phi) is 7.00. The highest BCUT2D eigenvalue weighted by Gasteiger charge is 2.16. The van der Waals surface area contributed by atoms with E-state index in [1.165, 1.54) is 5.56 Å². The standard InChI is InChI=1S/C16H23BrO2/c1-5-7-8-9-12(6-2)13-10-14(17)16(19-4)11-15(13)18-3/h7-8,10-12H,5-6,9H2,1-4H3/b8-7-. The van der Waals surface area contributed by atoms with Crippen LogP contribution in [0.25, 0.3) is 0 Å². The van der Waals surface area contributed by atoms with Gasteiger partial charge in [0.1, 0.15) is 11.5 Å². The third kappa shape index (κ3) is 4.27. The normalized spacial score (nSPS) is 12.7. The molecule has 0 fully saturated rings. The zero-order chi connectivity index (χ0) is 14.3. The van der Waals surface area contributed by atoms with E-state index in [0.717, 1.165) is 35.2 Å². The van der Waals surface area contributed by atoms with Crippen molar-refractivity contribution >= 4 is 15.9 Å². The predicted molar refractivity (Wildman–Crippen MR) is 84.3 cm³/mol. The Balaban J connectivity index is 3.08. The van der Waals surface area contributed by atoms with Crippen molar-refractivity contribution in [3.05, 3.63) is 34.3 Å². The monoisotopic (exact) mass is 326 g/mol. The van der Waals surface area contributed by atoms with Crippen molar-refractivity contribution in [2.75, 3.05) is 14.2 Å². The van der Waals surface area contributed by atoms with Crippen molar-refractivity contribution in [2.24, 2.45) is 0 Å². The van der Waals surface area contributed by atoms with Gasteiger partial charge in [-0.05, 0) is 52.7 Å². The number of rotatable bonds is 7. The molecule has 0 aliphatic rings. The summed E-state index contributed by atoms with van der Waals surface area (Å²) in [7, 11) is 3.38. The molecule has 3 heteroatoms. The Bertz CT molecular complexity index is 427. The first-order chi connectivity index (χ1) is 9.17. The highest BCUT2D eigenvalue weighted by Crippen LogP contribution is 2.38. The number of hydrogen-bond acceptors (Lipinski definition) is 2. The second kappa shape index (κ2) is 8.26. The van der Waals surface area contributed by atoms with Gasteiger partial charge in [0.2, 0.25) is 0 Å². The van der Waals surface area contributed by atoms with Gasteiger partial charge in [-0.1, -0.05) is 26.0 Å². The van der Waals surface area contributed by atoms with E-state index >= 15 is 0 Å². The molecule has 19 heavy (non-hydrogen) atoms. The van der Waals surface area contributed by atoms with Crippen LogP contribution in [0, 0.1) is 0 Å². The molecule has 0 N–H and O–H groups in total. The van der Waals surface area contributed by atoms with Crippen LogP contribution in [-0.4, -0.2) is 14.2 Å². The molecule has 0 saturated carbocycles. The molecule has 106 valence electrons. The smallest absolute Gasteiger partial charge is 0.136 e. The summed E-state index contributed by atoms with van der Waals surface area (Å²) in [6.07, 6.45) is 7.68. The first-order valence-electron chi connectivity index (χ1n) is 6.74. The van der Waals surface area contributed by atoms with Crippen LogP contribution in [0.1, 0.15) is 44.6 Å². The minimum Gasteiger partial charge on any atom is -0.496 e. The summed E-state index contributed by atoms with van der Waals surface area (Å²) < 4.78 is 11.8. The minimum absolute atomic E-state index is 0.472. The molecule has 0 aliphatic carbocycles. The number of halogens is 1. The SMILES string of the molecule is CC/C=C\CC(CC)c1cc(Br)c(OC)cc1OC. The molecule has 0 radical (unpaired) electrons. The molecule has 1 aromatic carbocycles. The fourth-order valence-electron chi connectivity index (χ4n) is 2.14. The molecule has 1 rings (SSSR count). The summed E-state index contributed by atoms with van der Waals surface area (Å²) in [4.78, 5) is 0. The maximum Gasteiger partial charge on any atom is 0.136 e. The quantitative estimate of drug-likeness (QED) is 0.631. The molecule has 2 nitrogen and oxygen atoms in total. The van der Waals surface area contributed by atoms with Crippen LogP contribution in [0.3, 0.4) is 0 Å². The van der Waals surface area contributed by atoms with E-state index < -0.39 is 0 Å². The molecular formula is C16H23BrO2. The second-order valence-corrected chi connectivity index (χ2v) is 5.30. The van der Waals surface area contributed by atoms with Crippen molar-refractivity contribution < 1.29 is 9.47 Å². The number of allylic oxidation sites excluding steroid dienone is 2. The lowest BCUT2D eigenvalue weighted by Gasteiger charge is -2.19. The summed E-state index contributed by atoms with van der Waals surface area (Å²) in [5, 5.41) is 0. The van der Waals surface area contributed by atoms with Crippen molar-refractivity contribution in [1.29, 1.82) is 0 Å². The van der Waals surface area contributed by atoms with Gasteiger partial charge in [-0.25, -0.2) is 0 Å². The molecule has 0 aromatic heterocycles.